The van der Waals surface area contributed by atoms with Gasteiger partial charge in [-0.15, -0.1) is 0 Å². The first-order valence-corrected chi connectivity index (χ1v) is 9.03. The molecular weight excluding hydrogens is 350 g/mol. The second-order valence-corrected chi connectivity index (χ2v) is 6.93. The van der Waals surface area contributed by atoms with Crippen molar-refractivity contribution in [2.45, 2.75) is 44.8 Å². The molecule has 0 heterocycles. The van der Waals surface area contributed by atoms with E-state index in [9.17, 15) is 18.4 Å². The molecule has 0 radical (unpaired) electrons. The van der Waals surface area contributed by atoms with E-state index < -0.39 is 11.6 Å². The largest absolute Gasteiger partial charge is 0.349 e. The average Bonchev–Trinajstić information content (AvgIpc) is 3.46. The van der Waals surface area contributed by atoms with E-state index in [2.05, 4.69) is 5.32 Å². The molecule has 3 rings (SSSR count). The van der Waals surface area contributed by atoms with Gasteiger partial charge in [-0.05, 0) is 38.0 Å². The summed E-state index contributed by atoms with van der Waals surface area (Å²) < 4.78 is 27.0. The maximum atomic E-state index is 13.9. The summed E-state index contributed by atoms with van der Waals surface area (Å²) >= 11 is 0. The lowest BCUT2D eigenvalue weighted by Crippen LogP contribution is -2.40. The fourth-order valence-corrected chi connectivity index (χ4v) is 2.97. The highest BCUT2D eigenvalue weighted by Crippen LogP contribution is 2.29. The van der Waals surface area contributed by atoms with Crippen LogP contribution >= 0.6 is 0 Å². The normalized spacial score (nSPS) is 14.5. The lowest BCUT2D eigenvalue weighted by atomic mass is 10.1. The first-order chi connectivity index (χ1) is 12.9. The van der Waals surface area contributed by atoms with E-state index in [0.717, 1.165) is 18.9 Å². The van der Waals surface area contributed by atoms with Crippen molar-refractivity contribution in [2.75, 3.05) is 0 Å². The van der Waals surface area contributed by atoms with E-state index in [1.54, 1.807) is 36.1 Å². The zero-order valence-electron chi connectivity index (χ0n) is 15.1. The van der Waals surface area contributed by atoms with Gasteiger partial charge in [0, 0.05) is 42.2 Å². The van der Waals surface area contributed by atoms with E-state index >= 15 is 0 Å². The summed E-state index contributed by atoms with van der Waals surface area (Å²) in [5, 5.41) is 2.81. The fraction of sp³-hybridized carbons (Fsp3) is 0.333. The molecule has 2 amide bonds. The van der Waals surface area contributed by atoms with Crippen molar-refractivity contribution < 1.29 is 18.4 Å². The zero-order chi connectivity index (χ0) is 19.4. The summed E-state index contributed by atoms with van der Waals surface area (Å²) in [7, 11) is 0. The van der Waals surface area contributed by atoms with Gasteiger partial charge in [0.15, 0.2) is 0 Å². The number of benzene rings is 2. The predicted molar refractivity (Wildman–Crippen MR) is 97.9 cm³/mol. The molecule has 1 saturated carbocycles. The van der Waals surface area contributed by atoms with Crippen LogP contribution in [-0.2, 0) is 11.3 Å². The third kappa shape index (κ3) is 5.12. The van der Waals surface area contributed by atoms with E-state index in [1.165, 1.54) is 12.1 Å². The van der Waals surface area contributed by atoms with E-state index in [1.807, 2.05) is 6.07 Å². The van der Waals surface area contributed by atoms with Gasteiger partial charge in [0.2, 0.25) is 5.91 Å². The monoisotopic (exact) mass is 372 g/mol. The molecule has 1 aliphatic rings. The van der Waals surface area contributed by atoms with E-state index in [4.69, 9.17) is 0 Å². The van der Waals surface area contributed by atoms with Crippen LogP contribution in [0.25, 0.3) is 0 Å². The van der Waals surface area contributed by atoms with Crippen LogP contribution in [0.4, 0.5) is 8.78 Å². The van der Waals surface area contributed by atoms with Gasteiger partial charge in [-0.2, -0.15) is 0 Å². The quantitative estimate of drug-likeness (QED) is 0.806. The molecule has 1 fully saturated rings. The Kier molecular flexibility index (Phi) is 5.84. The van der Waals surface area contributed by atoms with Crippen LogP contribution in [0.5, 0.6) is 0 Å². The maximum absolute atomic E-state index is 13.9. The van der Waals surface area contributed by atoms with Crippen LogP contribution in [0.3, 0.4) is 0 Å². The van der Waals surface area contributed by atoms with Gasteiger partial charge in [-0.25, -0.2) is 8.78 Å². The average molecular weight is 372 g/mol. The number of rotatable bonds is 7. The Hall–Kier alpha value is -2.76. The van der Waals surface area contributed by atoms with Gasteiger partial charge in [0.05, 0.1) is 0 Å². The number of amides is 2. The summed E-state index contributed by atoms with van der Waals surface area (Å²) in [4.78, 5) is 26.5. The highest BCUT2D eigenvalue weighted by Gasteiger charge is 2.33. The lowest BCUT2D eigenvalue weighted by Gasteiger charge is -2.25. The smallest absolute Gasteiger partial charge is 0.251 e. The first-order valence-electron chi connectivity index (χ1n) is 9.03. The number of halogens is 2. The van der Waals surface area contributed by atoms with Crippen LogP contribution in [0.1, 0.15) is 42.1 Å². The molecular formula is C21H22F2N2O2. The Morgan fingerprint density at radius 2 is 1.85 bits per heavy atom. The molecule has 1 atom stereocenters. The van der Waals surface area contributed by atoms with Crippen molar-refractivity contribution in [3.05, 3.63) is 71.3 Å². The molecule has 0 aromatic heterocycles. The highest BCUT2D eigenvalue weighted by molar-refractivity contribution is 5.94. The van der Waals surface area contributed by atoms with Gasteiger partial charge in [-0.1, -0.05) is 24.3 Å². The molecule has 0 spiro atoms. The summed E-state index contributed by atoms with van der Waals surface area (Å²) in [5.74, 6) is -1.68. The third-order valence-electron chi connectivity index (χ3n) is 4.56. The minimum atomic E-state index is -0.654. The lowest BCUT2D eigenvalue weighted by molar-refractivity contribution is -0.132. The Balaban J connectivity index is 1.61. The second-order valence-electron chi connectivity index (χ2n) is 6.93. The Bertz CT molecular complexity index is 822. The number of hydrogen-bond acceptors (Lipinski definition) is 2. The summed E-state index contributed by atoms with van der Waals surface area (Å²) in [6, 6.07) is 11.9. The molecule has 2 aromatic carbocycles. The minimum absolute atomic E-state index is 0.0824. The van der Waals surface area contributed by atoms with Gasteiger partial charge in [-0.3, -0.25) is 9.59 Å². The topological polar surface area (TPSA) is 49.4 Å². The molecule has 27 heavy (non-hydrogen) atoms. The van der Waals surface area contributed by atoms with Crippen molar-refractivity contribution in [3.63, 3.8) is 0 Å². The Morgan fingerprint density at radius 1 is 1.15 bits per heavy atom. The number of carbonyl (C=O) groups excluding carboxylic acids is 2. The van der Waals surface area contributed by atoms with Gasteiger partial charge >= 0.3 is 0 Å². The van der Waals surface area contributed by atoms with Crippen molar-refractivity contribution in [2.24, 2.45) is 0 Å². The summed E-state index contributed by atoms with van der Waals surface area (Å²) in [6.07, 6.45) is 1.87. The van der Waals surface area contributed by atoms with Crippen molar-refractivity contribution in [3.8, 4) is 0 Å². The van der Waals surface area contributed by atoms with Crippen LogP contribution in [-0.4, -0.2) is 28.8 Å². The second kappa shape index (κ2) is 8.29. The van der Waals surface area contributed by atoms with Gasteiger partial charge < -0.3 is 10.2 Å². The number of nitrogens with one attached hydrogen (secondary N) is 1. The molecule has 1 aliphatic carbocycles. The predicted octanol–water partition coefficient (Wildman–Crippen LogP) is 3.66. The minimum Gasteiger partial charge on any atom is -0.349 e. The van der Waals surface area contributed by atoms with Gasteiger partial charge in [0.25, 0.3) is 5.91 Å². The fourth-order valence-electron chi connectivity index (χ4n) is 2.97. The maximum Gasteiger partial charge on any atom is 0.251 e. The Morgan fingerprint density at radius 3 is 2.48 bits per heavy atom. The molecule has 1 unspecified atom stereocenters. The Labute approximate surface area is 157 Å². The number of nitrogens with zero attached hydrogens (tertiary/aromatic N) is 1. The van der Waals surface area contributed by atoms with Crippen LogP contribution < -0.4 is 5.32 Å². The van der Waals surface area contributed by atoms with E-state index in [-0.39, 0.29) is 42.4 Å². The summed E-state index contributed by atoms with van der Waals surface area (Å²) in [6.45, 7) is 1.87. The third-order valence-corrected chi connectivity index (χ3v) is 4.56. The number of hydrogen-bond donors (Lipinski definition) is 1. The first kappa shape index (κ1) is 19.0. The molecule has 0 bridgehead atoms. The molecule has 4 nitrogen and oxygen atoms in total. The molecule has 0 aliphatic heterocycles. The van der Waals surface area contributed by atoms with Crippen molar-refractivity contribution in [1.82, 2.24) is 10.2 Å². The summed E-state index contributed by atoms with van der Waals surface area (Å²) in [5.41, 5.74) is 0.821. The van der Waals surface area contributed by atoms with Crippen LogP contribution in [0.2, 0.25) is 0 Å². The van der Waals surface area contributed by atoms with Crippen LogP contribution in [0.15, 0.2) is 48.5 Å². The molecule has 1 N–H and O–H groups in total. The standard InChI is InChI=1S/C21H22F2N2O2/c1-14(24-21(27)15-5-3-2-4-6-15)11-20(26)25(18-9-10-18)13-16-7-8-17(22)12-19(16)23/h2-8,12,14,18H,9-11,13H2,1H3,(H,24,27). The molecule has 142 valence electrons. The molecule has 2 aromatic rings. The number of carbonyl (C=O) groups is 2. The van der Waals surface area contributed by atoms with Crippen molar-refractivity contribution >= 4 is 11.8 Å². The van der Waals surface area contributed by atoms with Crippen molar-refractivity contribution in [1.29, 1.82) is 0 Å². The molecule has 0 saturated heterocycles. The highest BCUT2D eigenvalue weighted by atomic mass is 19.1. The molecule has 6 heteroatoms. The zero-order valence-corrected chi connectivity index (χ0v) is 15.1. The SMILES string of the molecule is CC(CC(=O)N(Cc1ccc(F)cc1F)C1CC1)NC(=O)c1ccccc1. The van der Waals surface area contributed by atoms with E-state index in [0.29, 0.717) is 5.56 Å². The van der Waals surface area contributed by atoms with Gasteiger partial charge in [0.1, 0.15) is 11.6 Å². The van der Waals surface area contributed by atoms with Crippen LogP contribution in [0, 0.1) is 11.6 Å².